The summed E-state index contributed by atoms with van der Waals surface area (Å²) < 4.78 is 5.15. The van der Waals surface area contributed by atoms with E-state index in [0.717, 1.165) is 0 Å². The van der Waals surface area contributed by atoms with Gasteiger partial charge < -0.3 is 19.9 Å². The summed E-state index contributed by atoms with van der Waals surface area (Å²) in [6.07, 6.45) is 0.386. The van der Waals surface area contributed by atoms with E-state index < -0.39 is 11.7 Å². The first-order chi connectivity index (χ1) is 13.2. The van der Waals surface area contributed by atoms with Crippen molar-refractivity contribution in [3.8, 4) is 0 Å². The second-order valence-electron chi connectivity index (χ2n) is 7.72. The Balaban J connectivity index is 1.81. The zero-order valence-corrected chi connectivity index (χ0v) is 17.6. The number of amides is 3. The number of benzene rings is 1. The van der Waals surface area contributed by atoms with Crippen molar-refractivity contribution in [2.75, 3.05) is 32.7 Å². The van der Waals surface area contributed by atoms with Gasteiger partial charge in [0.1, 0.15) is 5.60 Å². The molecule has 1 aromatic rings. The van der Waals surface area contributed by atoms with Gasteiger partial charge in [-0.3, -0.25) is 9.59 Å². The van der Waals surface area contributed by atoms with Gasteiger partial charge in [0.15, 0.2) is 0 Å². The molecule has 7 nitrogen and oxygen atoms in total. The second kappa shape index (κ2) is 9.82. The Morgan fingerprint density at radius 2 is 1.71 bits per heavy atom. The molecule has 1 aliphatic heterocycles. The Hall–Kier alpha value is -2.22. The Labute approximate surface area is 171 Å². The topological polar surface area (TPSA) is 79.0 Å². The smallest absolute Gasteiger partial charge is 0.407 e. The lowest BCUT2D eigenvalue weighted by molar-refractivity contribution is -0.130. The highest BCUT2D eigenvalue weighted by Gasteiger charge is 2.24. The van der Waals surface area contributed by atoms with Crippen LogP contribution in [0.4, 0.5) is 4.79 Å². The van der Waals surface area contributed by atoms with Crippen LogP contribution in [-0.4, -0.2) is 66.0 Å². The molecule has 0 aromatic heterocycles. The second-order valence-corrected chi connectivity index (χ2v) is 8.20. The molecule has 1 N–H and O–H groups in total. The minimum absolute atomic E-state index is 0.0417. The fourth-order valence-corrected chi connectivity index (χ4v) is 3.19. The normalized spacial score (nSPS) is 15.0. The average Bonchev–Trinajstić information content (AvgIpc) is 2.86. The van der Waals surface area contributed by atoms with Crippen LogP contribution in [-0.2, 0) is 9.53 Å². The number of hydrogen-bond donors (Lipinski definition) is 2. The molecule has 154 valence electrons. The number of nitrogens with zero attached hydrogens (tertiary/aromatic N) is 2. The maximum absolute atomic E-state index is 12.7. The standard InChI is InChI=1S/C20H29N3O4S/c1-20(2,3)27-19(26)21-10-9-17(24)22-11-6-12-23(14-13-22)18(25)15-7-4-5-8-16(15)28/h4-5,7-8,28H,6,9-14H2,1-3H3,(H,21,26). The third kappa shape index (κ3) is 6.74. The number of thiol groups is 1. The molecule has 0 radical (unpaired) electrons. The molecule has 28 heavy (non-hydrogen) atoms. The lowest BCUT2D eigenvalue weighted by Crippen LogP contribution is -2.39. The van der Waals surface area contributed by atoms with E-state index in [1.165, 1.54) is 0 Å². The van der Waals surface area contributed by atoms with Gasteiger partial charge in [-0.25, -0.2) is 4.79 Å². The molecule has 1 saturated heterocycles. The van der Waals surface area contributed by atoms with Gasteiger partial charge in [-0.2, -0.15) is 0 Å². The molecule has 1 heterocycles. The molecule has 0 saturated carbocycles. The van der Waals surface area contributed by atoms with Crippen molar-refractivity contribution in [3.63, 3.8) is 0 Å². The van der Waals surface area contributed by atoms with E-state index >= 15 is 0 Å². The Morgan fingerprint density at radius 3 is 2.39 bits per heavy atom. The Kier molecular flexibility index (Phi) is 7.74. The van der Waals surface area contributed by atoms with Gasteiger partial charge in [0, 0.05) is 44.0 Å². The molecule has 2 rings (SSSR count). The van der Waals surface area contributed by atoms with Crippen LogP contribution in [0.5, 0.6) is 0 Å². The van der Waals surface area contributed by atoms with Crippen LogP contribution in [0.1, 0.15) is 44.0 Å². The SMILES string of the molecule is CC(C)(C)OC(=O)NCCC(=O)N1CCCN(C(=O)c2ccccc2S)CC1. The van der Waals surface area contributed by atoms with Crippen LogP contribution in [0, 0.1) is 0 Å². The van der Waals surface area contributed by atoms with Crippen LogP contribution >= 0.6 is 12.6 Å². The molecule has 0 atom stereocenters. The van der Waals surface area contributed by atoms with E-state index in [2.05, 4.69) is 17.9 Å². The lowest BCUT2D eigenvalue weighted by atomic mass is 10.2. The highest BCUT2D eigenvalue weighted by atomic mass is 32.1. The van der Waals surface area contributed by atoms with Crippen LogP contribution in [0.15, 0.2) is 29.2 Å². The number of carbonyl (C=O) groups excluding carboxylic acids is 3. The minimum atomic E-state index is -0.569. The van der Waals surface area contributed by atoms with Crippen LogP contribution < -0.4 is 5.32 Å². The fraction of sp³-hybridized carbons (Fsp3) is 0.550. The van der Waals surface area contributed by atoms with Crippen molar-refractivity contribution in [3.05, 3.63) is 29.8 Å². The maximum Gasteiger partial charge on any atom is 0.407 e. The zero-order chi connectivity index (χ0) is 20.7. The van der Waals surface area contributed by atoms with E-state index in [1.54, 1.807) is 42.7 Å². The maximum atomic E-state index is 12.7. The first kappa shape index (κ1) is 22.1. The van der Waals surface area contributed by atoms with Gasteiger partial charge in [0.2, 0.25) is 5.91 Å². The fourth-order valence-electron chi connectivity index (χ4n) is 2.94. The van der Waals surface area contributed by atoms with Crippen molar-refractivity contribution in [1.29, 1.82) is 0 Å². The zero-order valence-electron chi connectivity index (χ0n) is 16.7. The number of carbonyl (C=O) groups is 3. The predicted molar refractivity (Wildman–Crippen MR) is 110 cm³/mol. The molecular formula is C20H29N3O4S. The molecule has 1 fully saturated rings. The summed E-state index contributed by atoms with van der Waals surface area (Å²) in [6, 6.07) is 7.22. The van der Waals surface area contributed by atoms with Crippen molar-refractivity contribution in [2.24, 2.45) is 0 Å². The predicted octanol–water partition coefficient (Wildman–Crippen LogP) is 2.56. The van der Waals surface area contributed by atoms with Gasteiger partial charge in [-0.15, -0.1) is 12.6 Å². The highest BCUT2D eigenvalue weighted by Crippen LogP contribution is 2.17. The van der Waals surface area contributed by atoms with Crippen LogP contribution in [0.2, 0.25) is 0 Å². The quantitative estimate of drug-likeness (QED) is 0.752. The number of rotatable bonds is 4. The van der Waals surface area contributed by atoms with Crippen molar-refractivity contribution in [2.45, 2.75) is 44.1 Å². The summed E-state index contributed by atoms with van der Waals surface area (Å²) in [5.41, 5.74) is 0.00714. The third-order valence-electron chi connectivity index (χ3n) is 4.28. The Bertz CT molecular complexity index is 718. The number of nitrogens with one attached hydrogen (secondary N) is 1. The number of alkyl carbamates (subject to hydrolysis) is 1. The molecule has 1 aliphatic rings. The summed E-state index contributed by atoms with van der Waals surface area (Å²) in [4.78, 5) is 41.0. The van der Waals surface area contributed by atoms with Crippen molar-refractivity contribution in [1.82, 2.24) is 15.1 Å². The van der Waals surface area contributed by atoms with Crippen molar-refractivity contribution >= 4 is 30.5 Å². The van der Waals surface area contributed by atoms with E-state index in [4.69, 9.17) is 4.74 Å². The van der Waals surface area contributed by atoms with Crippen LogP contribution in [0.25, 0.3) is 0 Å². The lowest BCUT2D eigenvalue weighted by Gasteiger charge is -2.23. The average molecular weight is 408 g/mol. The summed E-state index contributed by atoms with van der Waals surface area (Å²) in [7, 11) is 0. The molecule has 3 amide bonds. The Morgan fingerprint density at radius 1 is 1.07 bits per heavy atom. The van der Waals surface area contributed by atoms with E-state index in [0.29, 0.717) is 43.1 Å². The summed E-state index contributed by atoms with van der Waals surface area (Å²) in [6.45, 7) is 7.73. The van der Waals surface area contributed by atoms with Gasteiger partial charge in [-0.1, -0.05) is 12.1 Å². The first-order valence-corrected chi connectivity index (χ1v) is 9.94. The van der Waals surface area contributed by atoms with Gasteiger partial charge >= 0.3 is 6.09 Å². The molecule has 1 aromatic carbocycles. The first-order valence-electron chi connectivity index (χ1n) is 9.49. The molecular weight excluding hydrogens is 378 g/mol. The number of ether oxygens (including phenoxy) is 1. The number of hydrogen-bond acceptors (Lipinski definition) is 5. The van der Waals surface area contributed by atoms with E-state index in [-0.39, 0.29) is 24.8 Å². The van der Waals surface area contributed by atoms with Gasteiger partial charge in [-0.05, 0) is 39.3 Å². The largest absolute Gasteiger partial charge is 0.444 e. The van der Waals surface area contributed by atoms with E-state index in [1.807, 2.05) is 12.1 Å². The van der Waals surface area contributed by atoms with Crippen molar-refractivity contribution < 1.29 is 19.1 Å². The monoisotopic (exact) mass is 407 g/mol. The van der Waals surface area contributed by atoms with E-state index in [9.17, 15) is 14.4 Å². The molecule has 0 aliphatic carbocycles. The molecule has 0 unspecified atom stereocenters. The molecule has 0 spiro atoms. The summed E-state index contributed by atoms with van der Waals surface area (Å²) in [5, 5.41) is 2.60. The summed E-state index contributed by atoms with van der Waals surface area (Å²) >= 11 is 4.36. The third-order valence-corrected chi connectivity index (χ3v) is 4.67. The summed E-state index contributed by atoms with van der Waals surface area (Å²) in [5.74, 6) is -0.105. The van der Waals surface area contributed by atoms with Gasteiger partial charge in [0.05, 0.1) is 5.56 Å². The minimum Gasteiger partial charge on any atom is -0.444 e. The van der Waals surface area contributed by atoms with Gasteiger partial charge in [0.25, 0.3) is 5.91 Å². The molecule has 8 heteroatoms. The van der Waals surface area contributed by atoms with Crippen LogP contribution in [0.3, 0.4) is 0 Å². The highest BCUT2D eigenvalue weighted by molar-refractivity contribution is 7.80. The molecule has 0 bridgehead atoms.